The molecule has 2 rings (SSSR count). The van der Waals surface area contributed by atoms with Gasteiger partial charge in [-0.2, -0.15) is 5.10 Å². The van der Waals surface area contributed by atoms with Gasteiger partial charge in [0.25, 0.3) is 5.91 Å². The van der Waals surface area contributed by atoms with Crippen LogP contribution in [0.2, 0.25) is 0 Å². The number of methoxy groups -OCH3 is 1. The lowest BCUT2D eigenvalue weighted by molar-refractivity contribution is -0.148. The molecule has 0 atom stereocenters. The van der Waals surface area contributed by atoms with Gasteiger partial charge in [-0.15, -0.1) is 0 Å². The molecule has 0 bridgehead atoms. The van der Waals surface area contributed by atoms with Gasteiger partial charge in [-0.3, -0.25) is 9.59 Å². The Morgan fingerprint density at radius 3 is 2.56 bits per heavy atom. The van der Waals surface area contributed by atoms with E-state index in [1.807, 2.05) is 32.0 Å². The molecule has 0 aliphatic carbocycles. The summed E-state index contributed by atoms with van der Waals surface area (Å²) in [5, 5.41) is 8.12. The fourth-order valence-corrected chi connectivity index (χ4v) is 2.51. The van der Waals surface area contributed by atoms with Crippen LogP contribution in [0.3, 0.4) is 0 Å². The molecule has 1 aliphatic rings. The van der Waals surface area contributed by atoms with Crippen molar-refractivity contribution in [3.8, 4) is 0 Å². The molecule has 1 aliphatic heterocycles. The molecule has 134 valence electrons. The van der Waals surface area contributed by atoms with Crippen molar-refractivity contribution < 1.29 is 19.1 Å². The van der Waals surface area contributed by atoms with Crippen molar-refractivity contribution in [2.24, 2.45) is 5.10 Å². The molecule has 1 heterocycles. The zero-order valence-corrected chi connectivity index (χ0v) is 15.2. The second-order valence-electron chi connectivity index (χ2n) is 6.61. The number of nitrogens with zero attached hydrogens (tertiary/aromatic N) is 2. The first-order chi connectivity index (χ1) is 11.7. The Bertz CT molecular complexity index is 753. The Kier molecular flexibility index (Phi) is 5.25. The van der Waals surface area contributed by atoms with Crippen LogP contribution in [-0.4, -0.2) is 36.1 Å². The highest BCUT2D eigenvalue weighted by atomic mass is 16.5. The number of hydrogen-bond donors (Lipinski definition) is 1. The number of carbonyl (C=O) groups is 3. The van der Waals surface area contributed by atoms with Gasteiger partial charge in [0.1, 0.15) is 11.3 Å². The van der Waals surface area contributed by atoms with E-state index in [2.05, 4.69) is 15.2 Å². The molecule has 1 aromatic rings. The van der Waals surface area contributed by atoms with E-state index in [4.69, 9.17) is 0 Å². The van der Waals surface area contributed by atoms with Gasteiger partial charge >= 0.3 is 5.97 Å². The predicted octanol–water partition coefficient (Wildman–Crippen LogP) is 1.85. The Hall–Kier alpha value is -2.70. The van der Waals surface area contributed by atoms with Gasteiger partial charge in [-0.1, -0.05) is 12.1 Å². The average molecular weight is 345 g/mol. The van der Waals surface area contributed by atoms with Crippen molar-refractivity contribution in [3.63, 3.8) is 0 Å². The molecular weight excluding hydrogens is 322 g/mol. The molecule has 0 radical (unpaired) electrons. The normalized spacial score (nSPS) is 14.8. The maximum Gasteiger partial charge on any atom is 0.330 e. The summed E-state index contributed by atoms with van der Waals surface area (Å²) in [6.07, 6.45) is 0.404. The minimum absolute atomic E-state index is 0.169. The average Bonchev–Trinajstić information content (AvgIpc) is 2.56. The number of rotatable bonds is 4. The maximum atomic E-state index is 12.5. The summed E-state index contributed by atoms with van der Waals surface area (Å²) in [5.74, 6) is -1.21. The van der Waals surface area contributed by atoms with Gasteiger partial charge in [0.2, 0.25) is 5.91 Å². The van der Waals surface area contributed by atoms with E-state index in [9.17, 15) is 14.4 Å². The van der Waals surface area contributed by atoms with E-state index in [0.717, 1.165) is 11.1 Å². The molecule has 0 spiro atoms. The van der Waals surface area contributed by atoms with Crippen molar-refractivity contribution >= 4 is 29.2 Å². The minimum atomic E-state index is -1.18. The number of ether oxygens (including phenoxy) is 1. The van der Waals surface area contributed by atoms with Crippen LogP contribution in [0.5, 0.6) is 0 Å². The first-order valence-corrected chi connectivity index (χ1v) is 8.04. The number of amides is 2. The SMILES string of the molecule is COC(=O)C(C)(C)NC(=O)C1=NN(c2cc(C)ccc2C)C(=O)CC1. The zero-order valence-electron chi connectivity index (χ0n) is 15.2. The van der Waals surface area contributed by atoms with Crippen molar-refractivity contribution in [2.75, 3.05) is 12.1 Å². The van der Waals surface area contributed by atoms with Gasteiger partial charge in [-0.05, 0) is 44.9 Å². The van der Waals surface area contributed by atoms with Crippen molar-refractivity contribution in [3.05, 3.63) is 29.3 Å². The molecule has 25 heavy (non-hydrogen) atoms. The van der Waals surface area contributed by atoms with E-state index in [0.29, 0.717) is 5.69 Å². The van der Waals surface area contributed by atoms with E-state index < -0.39 is 17.4 Å². The third-order valence-electron chi connectivity index (χ3n) is 4.01. The molecule has 0 fully saturated rings. The molecule has 0 unspecified atom stereocenters. The van der Waals surface area contributed by atoms with Gasteiger partial charge in [-0.25, -0.2) is 9.80 Å². The maximum absolute atomic E-state index is 12.5. The summed E-state index contributed by atoms with van der Waals surface area (Å²) >= 11 is 0. The van der Waals surface area contributed by atoms with Gasteiger partial charge in [0.15, 0.2) is 0 Å². The lowest BCUT2D eigenvalue weighted by Crippen LogP contribution is -2.53. The minimum Gasteiger partial charge on any atom is -0.467 e. The first-order valence-electron chi connectivity index (χ1n) is 8.04. The van der Waals surface area contributed by atoms with E-state index in [1.54, 1.807) is 13.8 Å². The fourth-order valence-electron chi connectivity index (χ4n) is 2.51. The summed E-state index contributed by atoms with van der Waals surface area (Å²) in [4.78, 5) is 36.5. The molecule has 0 saturated heterocycles. The number of nitrogens with one attached hydrogen (secondary N) is 1. The highest BCUT2D eigenvalue weighted by molar-refractivity contribution is 6.40. The summed E-state index contributed by atoms with van der Waals surface area (Å²) in [6.45, 7) is 6.90. The standard InChI is InChI=1S/C18H23N3O4/c1-11-6-7-12(2)14(10-11)21-15(22)9-8-13(20-21)16(23)19-18(3,4)17(24)25-5/h6-7,10H,8-9H2,1-5H3,(H,19,23). The highest BCUT2D eigenvalue weighted by Gasteiger charge is 2.34. The van der Waals surface area contributed by atoms with Gasteiger partial charge in [0, 0.05) is 12.8 Å². The Morgan fingerprint density at radius 1 is 1.24 bits per heavy atom. The van der Waals surface area contributed by atoms with Crippen molar-refractivity contribution in [1.82, 2.24) is 5.32 Å². The van der Waals surface area contributed by atoms with Crippen LogP contribution in [0.1, 0.15) is 37.8 Å². The number of hydrazone groups is 1. The number of anilines is 1. The molecule has 1 aromatic carbocycles. The molecular formula is C18H23N3O4. The van der Waals surface area contributed by atoms with Crippen LogP contribution in [0.25, 0.3) is 0 Å². The number of carbonyl (C=O) groups excluding carboxylic acids is 3. The summed E-state index contributed by atoms with van der Waals surface area (Å²) in [5.41, 5.74) is 1.56. The van der Waals surface area contributed by atoms with Crippen LogP contribution in [0.4, 0.5) is 5.69 Å². The second kappa shape index (κ2) is 7.04. The molecule has 2 amide bonds. The van der Waals surface area contributed by atoms with Crippen LogP contribution in [0.15, 0.2) is 23.3 Å². The highest BCUT2D eigenvalue weighted by Crippen LogP contribution is 2.25. The molecule has 0 saturated carbocycles. The van der Waals surface area contributed by atoms with Crippen molar-refractivity contribution in [1.29, 1.82) is 0 Å². The quantitative estimate of drug-likeness (QED) is 0.844. The number of esters is 1. The summed E-state index contributed by atoms with van der Waals surface area (Å²) < 4.78 is 4.68. The van der Waals surface area contributed by atoms with Crippen LogP contribution in [0, 0.1) is 13.8 Å². The van der Waals surface area contributed by atoms with E-state index >= 15 is 0 Å². The first kappa shape index (κ1) is 18.6. The van der Waals surface area contributed by atoms with Gasteiger partial charge < -0.3 is 10.1 Å². The summed E-state index contributed by atoms with van der Waals surface area (Å²) in [7, 11) is 1.26. The van der Waals surface area contributed by atoms with E-state index in [1.165, 1.54) is 12.1 Å². The van der Waals surface area contributed by atoms with Crippen LogP contribution < -0.4 is 10.3 Å². The Balaban J connectivity index is 2.30. The number of hydrogen-bond acceptors (Lipinski definition) is 5. The monoisotopic (exact) mass is 345 g/mol. The predicted molar refractivity (Wildman–Crippen MR) is 94.3 cm³/mol. The molecule has 7 nitrogen and oxygen atoms in total. The molecule has 0 aromatic heterocycles. The second-order valence-corrected chi connectivity index (χ2v) is 6.61. The summed E-state index contributed by atoms with van der Waals surface area (Å²) in [6, 6.07) is 5.71. The van der Waals surface area contributed by atoms with Crippen molar-refractivity contribution in [2.45, 2.75) is 46.1 Å². The van der Waals surface area contributed by atoms with Gasteiger partial charge in [0.05, 0.1) is 12.8 Å². The molecule has 1 N–H and O–H groups in total. The largest absolute Gasteiger partial charge is 0.467 e. The third-order valence-corrected chi connectivity index (χ3v) is 4.01. The van der Waals surface area contributed by atoms with Crippen LogP contribution in [-0.2, 0) is 19.1 Å². The third kappa shape index (κ3) is 4.04. The Morgan fingerprint density at radius 2 is 1.92 bits per heavy atom. The lowest BCUT2D eigenvalue weighted by atomic mass is 10.0. The smallest absolute Gasteiger partial charge is 0.330 e. The zero-order chi connectivity index (χ0) is 18.8. The lowest BCUT2D eigenvalue weighted by Gasteiger charge is -2.27. The number of benzene rings is 1. The Labute approximate surface area is 147 Å². The topological polar surface area (TPSA) is 88.1 Å². The fraction of sp³-hybridized carbons (Fsp3) is 0.444. The van der Waals surface area contributed by atoms with Crippen LogP contribution >= 0.6 is 0 Å². The van der Waals surface area contributed by atoms with E-state index in [-0.39, 0.29) is 24.5 Å². The molecule has 7 heteroatoms. The number of aryl methyl sites for hydroxylation is 2.